The fourth-order valence-electron chi connectivity index (χ4n) is 2.86. The molecule has 1 aromatic carbocycles. The highest BCUT2D eigenvalue weighted by Crippen LogP contribution is 2.23. The van der Waals surface area contributed by atoms with Gasteiger partial charge in [-0.1, -0.05) is 5.92 Å². The van der Waals surface area contributed by atoms with Crippen LogP contribution in [-0.2, 0) is 9.53 Å². The molecule has 1 saturated heterocycles. The molecule has 0 aliphatic carbocycles. The summed E-state index contributed by atoms with van der Waals surface area (Å²) in [5.74, 6) is 4.74. The Kier molecular flexibility index (Phi) is 4.78. The van der Waals surface area contributed by atoms with E-state index in [4.69, 9.17) is 4.74 Å². The van der Waals surface area contributed by atoms with E-state index in [1.165, 1.54) is 36.6 Å². The minimum Gasteiger partial charge on any atom is -0.442 e. The van der Waals surface area contributed by atoms with Crippen molar-refractivity contribution in [2.45, 2.75) is 13.0 Å². The normalized spacial score (nSPS) is 15.7. The van der Waals surface area contributed by atoms with Crippen LogP contribution in [0, 0.1) is 17.7 Å². The number of hydrogen-bond acceptors (Lipinski definition) is 6. The minimum absolute atomic E-state index is 0.155. The summed E-state index contributed by atoms with van der Waals surface area (Å²) in [6.45, 7) is 1.79. The van der Waals surface area contributed by atoms with Crippen molar-refractivity contribution in [3.8, 4) is 11.8 Å². The van der Waals surface area contributed by atoms with Crippen LogP contribution in [0.1, 0.15) is 18.2 Å². The summed E-state index contributed by atoms with van der Waals surface area (Å²) >= 11 is 0. The van der Waals surface area contributed by atoms with Crippen molar-refractivity contribution in [2.75, 3.05) is 18.0 Å². The number of carbonyl (C=O) groups is 2. The van der Waals surface area contributed by atoms with Gasteiger partial charge in [-0.2, -0.15) is 0 Å². The van der Waals surface area contributed by atoms with Crippen LogP contribution in [-0.4, -0.2) is 51.1 Å². The Hall–Kier alpha value is -4.00. The Morgan fingerprint density at radius 1 is 1.38 bits per heavy atom. The summed E-state index contributed by atoms with van der Waals surface area (Å²) < 4.78 is 19.7. The average Bonchev–Trinajstić information content (AvgIpc) is 3.32. The third-order valence-corrected chi connectivity index (χ3v) is 4.26. The number of amides is 2. The maximum Gasteiger partial charge on any atom is 0.414 e. The minimum atomic E-state index is -0.596. The first-order valence-corrected chi connectivity index (χ1v) is 8.69. The average molecular weight is 394 g/mol. The van der Waals surface area contributed by atoms with E-state index in [2.05, 4.69) is 37.1 Å². The van der Waals surface area contributed by atoms with Crippen molar-refractivity contribution in [3.63, 3.8) is 0 Å². The summed E-state index contributed by atoms with van der Waals surface area (Å²) in [5.41, 5.74) is 1.95. The number of benzene rings is 1. The number of aromatic amines is 1. The smallest absolute Gasteiger partial charge is 0.414 e. The first-order valence-electron chi connectivity index (χ1n) is 8.69. The quantitative estimate of drug-likeness (QED) is 0.649. The van der Waals surface area contributed by atoms with Crippen molar-refractivity contribution >= 4 is 28.9 Å². The van der Waals surface area contributed by atoms with Gasteiger partial charge in [0.15, 0.2) is 5.65 Å². The fourth-order valence-corrected chi connectivity index (χ4v) is 2.86. The van der Waals surface area contributed by atoms with E-state index in [1.54, 1.807) is 6.07 Å². The van der Waals surface area contributed by atoms with Crippen molar-refractivity contribution < 1.29 is 18.7 Å². The third-order valence-electron chi connectivity index (χ3n) is 4.26. The molecule has 0 radical (unpaired) electrons. The number of hydrogen-bond donors (Lipinski definition) is 2. The van der Waals surface area contributed by atoms with Gasteiger partial charge in [0.1, 0.15) is 29.5 Å². The molecule has 0 saturated carbocycles. The molecule has 3 aromatic rings. The van der Waals surface area contributed by atoms with Crippen LogP contribution >= 0.6 is 0 Å². The maximum absolute atomic E-state index is 14.5. The van der Waals surface area contributed by atoms with Crippen LogP contribution in [0.15, 0.2) is 30.9 Å². The molecule has 10 heteroatoms. The van der Waals surface area contributed by atoms with E-state index in [-0.39, 0.29) is 24.6 Å². The van der Waals surface area contributed by atoms with Gasteiger partial charge in [0, 0.05) is 6.92 Å². The van der Waals surface area contributed by atoms with Crippen molar-refractivity contribution in [2.24, 2.45) is 0 Å². The molecule has 1 fully saturated rings. The first kappa shape index (κ1) is 18.4. The highest BCUT2D eigenvalue weighted by Gasteiger charge is 2.32. The van der Waals surface area contributed by atoms with E-state index in [0.717, 1.165) is 0 Å². The molecule has 1 atom stereocenters. The zero-order valence-corrected chi connectivity index (χ0v) is 15.3. The Labute approximate surface area is 164 Å². The van der Waals surface area contributed by atoms with Gasteiger partial charge in [0.05, 0.1) is 30.7 Å². The lowest BCUT2D eigenvalue weighted by molar-refractivity contribution is -0.119. The molecule has 2 N–H and O–H groups in total. The van der Waals surface area contributed by atoms with Gasteiger partial charge in [-0.25, -0.2) is 24.1 Å². The largest absolute Gasteiger partial charge is 0.442 e. The standard InChI is InChI=1S/C19H15FN6O3/c1-11(27)21-7-14-8-26(19(28)29-14)13-4-2-12(15(20)6-13)3-5-16-17-18(24-9-22-16)25-10-23-17/h2,4,6,9-10,14H,7-8H2,1H3,(H,21,27)(H,22,23,24,25). The molecule has 0 spiro atoms. The number of H-pyrrole nitrogens is 1. The van der Waals surface area contributed by atoms with Gasteiger partial charge < -0.3 is 15.0 Å². The topological polar surface area (TPSA) is 113 Å². The number of cyclic esters (lactones) is 1. The first-order chi connectivity index (χ1) is 14.0. The highest BCUT2D eigenvalue weighted by molar-refractivity contribution is 5.90. The number of anilines is 1. The van der Waals surface area contributed by atoms with Crippen LogP contribution in [0.3, 0.4) is 0 Å². The molecule has 3 heterocycles. The summed E-state index contributed by atoms with van der Waals surface area (Å²) in [5, 5.41) is 2.59. The van der Waals surface area contributed by atoms with Crippen molar-refractivity contribution in [3.05, 3.63) is 47.9 Å². The lowest BCUT2D eigenvalue weighted by atomic mass is 10.1. The number of nitrogens with zero attached hydrogens (tertiary/aromatic N) is 4. The molecule has 29 heavy (non-hydrogen) atoms. The number of nitrogens with one attached hydrogen (secondary N) is 2. The van der Waals surface area contributed by atoms with Gasteiger partial charge in [-0.15, -0.1) is 0 Å². The van der Waals surface area contributed by atoms with Gasteiger partial charge in [0.25, 0.3) is 0 Å². The lowest BCUT2D eigenvalue weighted by Crippen LogP contribution is -2.33. The van der Waals surface area contributed by atoms with Gasteiger partial charge in [0.2, 0.25) is 5.91 Å². The predicted molar refractivity (Wildman–Crippen MR) is 100 cm³/mol. The van der Waals surface area contributed by atoms with Gasteiger partial charge >= 0.3 is 6.09 Å². The fraction of sp³-hybridized carbons (Fsp3) is 0.211. The Morgan fingerprint density at radius 2 is 2.24 bits per heavy atom. The number of rotatable bonds is 3. The number of aromatic nitrogens is 4. The van der Waals surface area contributed by atoms with Gasteiger partial charge in [-0.05, 0) is 24.1 Å². The molecule has 146 valence electrons. The maximum atomic E-state index is 14.5. The van der Waals surface area contributed by atoms with Crippen LogP contribution < -0.4 is 10.2 Å². The number of imidazole rings is 1. The number of fused-ring (bicyclic) bond motifs is 1. The van der Waals surface area contributed by atoms with E-state index in [0.29, 0.717) is 22.5 Å². The summed E-state index contributed by atoms with van der Waals surface area (Å²) in [6, 6.07) is 4.29. The van der Waals surface area contributed by atoms with Crippen LogP contribution in [0.5, 0.6) is 0 Å². The summed E-state index contributed by atoms with van der Waals surface area (Å²) in [6.07, 6.45) is 1.72. The second kappa shape index (κ2) is 7.55. The van der Waals surface area contributed by atoms with Crippen LogP contribution in [0.4, 0.5) is 14.9 Å². The molecule has 4 rings (SSSR count). The monoisotopic (exact) mass is 394 g/mol. The van der Waals surface area contributed by atoms with Crippen LogP contribution in [0.2, 0.25) is 0 Å². The van der Waals surface area contributed by atoms with Crippen molar-refractivity contribution in [1.29, 1.82) is 0 Å². The predicted octanol–water partition coefficient (Wildman–Crippen LogP) is 1.35. The molecule has 2 aromatic heterocycles. The zero-order chi connectivity index (χ0) is 20.4. The molecule has 1 aliphatic heterocycles. The second-order valence-electron chi connectivity index (χ2n) is 6.29. The van der Waals surface area contributed by atoms with E-state index < -0.39 is 18.0 Å². The van der Waals surface area contributed by atoms with E-state index in [9.17, 15) is 14.0 Å². The molecule has 1 aliphatic rings. The Bertz CT molecular complexity index is 1170. The summed E-state index contributed by atoms with van der Waals surface area (Å²) in [4.78, 5) is 39.3. The molecule has 9 nitrogen and oxygen atoms in total. The Balaban J connectivity index is 1.53. The molecular formula is C19H15FN6O3. The SMILES string of the molecule is CC(=O)NCC1CN(c2ccc(C#Cc3ncnc4nc[nH]c34)c(F)c2)C(=O)O1. The second-order valence-corrected chi connectivity index (χ2v) is 6.29. The number of carbonyl (C=O) groups excluding carboxylic acids is 2. The van der Waals surface area contributed by atoms with E-state index in [1.807, 2.05) is 0 Å². The molecule has 2 amide bonds. The van der Waals surface area contributed by atoms with Crippen LogP contribution in [0.25, 0.3) is 11.2 Å². The summed E-state index contributed by atoms with van der Waals surface area (Å²) in [7, 11) is 0. The Morgan fingerprint density at radius 3 is 3.03 bits per heavy atom. The van der Waals surface area contributed by atoms with Gasteiger partial charge in [-0.3, -0.25) is 9.69 Å². The lowest BCUT2D eigenvalue weighted by Gasteiger charge is -2.13. The molecular weight excluding hydrogens is 379 g/mol. The number of ether oxygens (including phenoxy) is 1. The van der Waals surface area contributed by atoms with Crippen molar-refractivity contribution in [1.82, 2.24) is 25.3 Å². The molecule has 1 unspecified atom stereocenters. The van der Waals surface area contributed by atoms with E-state index >= 15 is 0 Å². The molecule has 0 bridgehead atoms. The number of halogens is 1. The zero-order valence-electron chi connectivity index (χ0n) is 15.3. The highest BCUT2D eigenvalue weighted by atomic mass is 19.1. The third kappa shape index (κ3) is 3.84.